The van der Waals surface area contributed by atoms with E-state index >= 15 is 0 Å². The molecule has 2 heteroatoms. The highest BCUT2D eigenvalue weighted by molar-refractivity contribution is 6.03. The first-order chi connectivity index (χ1) is 32.6. The van der Waals surface area contributed by atoms with Crippen molar-refractivity contribution in [1.29, 1.82) is 0 Å². The topological polar surface area (TPSA) is 24.4 Å². The van der Waals surface area contributed by atoms with Gasteiger partial charge >= 0.3 is 0 Å². The third-order valence-electron chi connectivity index (χ3n) is 16.9. The minimum absolute atomic E-state index is 0.0135. The third kappa shape index (κ3) is 6.54. The van der Waals surface area contributed by atoms with Crippen molar-refractivity contribution >= 4 is 11.5 Å². The van der Waals surface area contributed by atoms with Gasteiger partial charge < -0.3 is 5.32 Å². The molecule has 3 atom stereocenters. The summed E-state index contributed by atoms with van der Waals surface area (Å²) in [7, 11) is 0. The van der Waals surface area contributed by atoms with Crippen LogP contribution in [0.25, 0.3) is 39.1 Å². The zero-order valence-electron chi connectivity index (χ0n) is 38.0. The maximum Gasteiger partial charge on any atom is 0.134 e. The Morgan fingerprint density at radius 2 is 1.12 bits per heavy atom. The molecule has 324 valence electrons. The second-order valence-corrected chi connectivity index (χ2v) is 20.3. The van der Waals surface area contributed by atoms with Crippen LogP contribution in [0.1, 0.15) is 139 Å². The van der Waals surface area contributed by atoms with Gasteiger partial charge in [-0.1, -0.05) is 208 Å². The molecular formula is C64H58N2. The van der Waals surface area contributed by atoms with Crippen molar-refractivity contribution in [2.24, 2.45) is 4.99 Å². The van der Waals surface area contributed by atoms with Gasteiger partial charge in [-0.3, -0.25) is 0 Å². The van der Waals surface area contributed by atoms with Gasteiger partial charge in [-0.2, -0.15) is 0 Å². The summed E-state index contributed by atoms with van der Waals surface area (Å²) >= 11 is 0. The summed E-state index contributed by atoms with van der Waals surface area (Å²) in [5.74, 6) is 1.89. The Kier molecular flexibility index (Phi) is 9.73. The molecule has 6 aromatic carbocycles. The third-order valence-corrected chi connectivity index (χ3v) is 16.9. The Morgan fingerprint density at radius 3 is 1.85 bits per heavy atom. The lowest BCUT2D eigenvalue weighted by molar-refractivity contribution is 0.341. The molecule has 66 heavy (non-hydrogen) atoms. The normalized spacial score (nSPS) is 22.7. The Balaban J connectivity index is 0.796. The Labute approximate surface area is 391 Å². The van der Waals surface area contributed by atoms with E-state index in [1.165, 1.54) is 103 Å². The summed E-state index contributed by atoms with van der Waals surface area (Å²) in [6.07, 6.45) is 33.9. The lowest BCUT2D eigenvalue weighted by Crippen LogP contribution is -2.31. The van der Waals surface area contributed by atoms with Gasteiger partial charge in [0.2, 0.25) is 0 Å². The van der Waals surface area contributed by atoms with Gasteiger partial charge in [-0.15, -0.1) is 0 Å². The molecule has 0 bridgehead atoms. The lowest BCUT2D eigenvalue weighted by atomic mass is 9.66. The molecule has 3 unspecified atom stereocenters. The van der Waals surface area contributed by atoms with E-state index in [1.807, 2.05) is 0 Å². The highest BCUT2D eigenvalue weighted by Crippen LogP contribution is 2.63. The van der Waals surface area contributed by atoms with E-state index in [0.717, 1.165) is 35.5 Å². The molecule has 2 spiro atoms. The molecule has 7 aliphatic rings. The minimum atomic E-state index is -0.0135. The van der Waals surface area contributed by atoms with Gasteiger partial charge in [0.1, 0.15) is 5.84 Å². The predicted molar refractivity (Wildman–Crippen MR) is 275 cm³/mol. The van der Waals surface area contributed by atoms with E-state index in [2.05, 4.69) is 187 Å². The van der Waals surface area contributed by atoms with E-state index in [9.17, 15) is 0 Å². The molecular weight excluding hydrogens is 797 g/mol. The van der Waals surface area contributed by atoms with Crippen LogP contribution < -0.4 is 5.32 Å². The zero-order valence-corrected chi connectivity index (χ0v) is 38.0. The highest BCUT2D eigenvalue weighted by Gasteiger charge is 2.51. The maximum absolute atomic E-state index is 5.17. The van der Waals surface area contributed by atoms with Crippen LogP contribution in [0.5, 0.6) is 0 Å². The summed E-state index contributed by atoms with van der Waals surface area (Å²) in [6, 6.07) is 51.0. The number of amidine groups is 1. The van der Waals surface area contributed by atoms with E-state index in [1.54, 1.807) is 33.4 Å². The molecule has 6 aromatic rings. The SMILES string of the molecule is C1=CCC(c2ccc(C3=CC(c4ccc(-c5ccc(-c6ccc7c(c6)-c6cc8c(cc6C76CCCCC6)C6CC=CC=C6C86CCCCC6)cc5)cc4)NC(c4ccccc4)=N3)cc2)C=C1. The molecule has 0 saturated heterocycles. The van der Waals surface area contributed by atoms with E-state index in [-0.39, 0.29) is 16.9 Å². The van der Waals surface area contributed by atoms with Crippen LogP contribution >= 0.6 is 0 Å². The van der Waals surface area contributed by atoms with Crippen molar-refractivity contribution in [3.8, 4) is 33.4 Å². The zero-order chi connectivity index (χ0) is 43.7. The van der Waals surface area contributed by atoms with Crippen LogP contribution in [0, 0.1) is 0 Å². The lowest BCUT2D eigenvalue weighted by Gasteiger charge is -2.38. The molecule has 2 fully saturated rings. The number of rotatable bonds is 6. The smallest absolute Gasteiger partial charge is 0.134 e. The first kappa shape index (κ1) is 39.8. The number of hydrogen-bond acceptors (Lipinski definition) is 2. The van der Waals surface area contributed by atoms with Crippen LogP contribution in [0.4, 0.5) is 0 Å². The second-order valence-electron chi connectivity index (χ2n) is 20.3. The second kappa shape index (κ2) is 16.1. The van der Waals surface area contributed by atoms with Crippen LogP contribution in [-0.2, 0) is 10.8 Å². The number of fused-ring (bicyclic) bond motifs is 10. The largest absolute Gasteiger partial charge is 0.359 e. The molecule has 0 radical (unpaired) electrons. The van der Waals surface area contributed by atoms with Crippen molar-refractivity contribution < 1.29 is 0 Å². The van der Waals surface area contributed by atoms with Crippen molar-refractivity contribution in [2.75, 3.05) is 0 Å². The molecule has 1 N–H and O–H groups in total. The molecule has 0 aromatic heterocycles. The Bertz CT molecular complexity index is 3030. The van der Waals surface area contributed by atoms with Crippen molar-refractivity contribution in [3.05, 3.63) is 232 Å². The first-order valence-corrected chi connectivity index (χ1v) is 25.1. The number of nitrogens with zero attached hydrogens (tertiary/aromatic N) is 1. The van der Waals surface area contributed by atoms with E-state index in [4.69, 9.17) is 4.99 Å². The van der Waals surface area contributed by atoms with Crippen LogP contribution in [0.3, 0.4) is 0 Å². The summed E-state index contributed by atoms with van der Waals surface area (Å²) < 4.78 is 0. The van der Waals surface area contributed by atoms with Crippen molar-refractivity contribution in [1.82, 2.24) is 5.32 Å². The average molecular weight is 855 g/mol. The number of hydrogen-bond donors (Lipinski definition) is 1. The van der Waals surface area contributed by atoms with Gasteiger partial charge in [0.05, 0.1) is 11.7 Å². The van der Waals surface area contributed by atoms with E-state index in [0.29, 0.717) is 11.8 Å². The summed E-state index contributed by atoms with van der Waals surface area (Å²) in [4.78, 5) is 5.17. The van der Waals surface area contributed by atoms with Crippen molar-refractivity contribution in [2.45, 2.75) is 106 Å². The molecule has 0 amide bonds. The van der Waals surface area contributed by atoms with Gasteiger partial charge in [0.15, 0.2) is 0 Å². The fraction of sp³-hybridized carbons (Fsp3) is 0.266. The molecule has 1 heterocycles. The fourth-order valence-corrected chi connectivity index (χ4v) is 13.5. The summed E-state index contributed by atoms with van der Waals surface area (Å²) in [5.41, 5.74) is 22.6. The van der Waals surface area contributed by atoms with E-state index < -0.39 is 0 Å². The number of aliphatic imine (C=N–C) groups is 1. The van der Waals surface area contributed by atoms with Crippen LogP contribution in [0.2, 0.25) is 0 Å². The van der Waals surface area contributed by atoms with Crippen LogP contribution in [0.15, 0.2) is 193 Å². The molecule has 2 nitrogen and oxygen atoms in total. The minimum Gasteiger partial charge on any atom is -0.359 e. The van der Waals surface area contributed by atoms with Gasteiger partial charge in [0, 0.05) is 28.2 Å². The quantitative estimate of drug-likeness (QED) is 0.177. The fourth-order valence-electron chi connectivity index (χ4n) is 13.5. The summed E-state index contributed by atoms with van der Waals surface area (Å²) in [5, 5.41) is 3.77. The van der Waals surface area contributed by atoms with Gasteiger partial charge in [-0.05, 0) is 129 Å². The standard InChI is InChI=1S/C64H58N2/c1-5-15-43(16-6-1)44-25-29-48(30-26-44)60-42-61(66-62(65-60)50-17-7-2-8-18-50)49-31-27-46(28-32-49)45-21-23-47(24-22-45)51-33-34-57-53(39-51)55-41-58-54(40-59(55)64(57)37-13-4-14-38-64)52-19-9-10-20-56(52)63(58)35-11-3-12-36-63/h1-2,5-10,15,17-18,20-34,39-43,52,61H,3-4,11-14,16,19,35-38H2,(H,65,66). The Hall–Kier alpha value is -6.51. The number of allylic oxidation sites excluding steroid dienone is 8. The monoisotopic (exact) mass is 854 g/mol. The molecule has 13 rings (SSSR count). The Morgan fingerprint density at radius 1 is 0.485 bits per heavy atom. The van der Waals surface area contributed by atoms with Crippen LogP contribution in [-0.4, -0.2) is 5.84 Å². The predicted octanol–water partition coefficient (Wildman–Crippen LogP) is 16.2. The average Bonchev–Trinajstić information content (AvgIpc) is 3.80. The molecule has 2 saturated carbocycles. The number of nitrogens with one attached hydrogen (secondary N) is 1. The van der Waals surface area contributed by atoms with Crippen molar-refractivity contribution in [3.63, 3.8) is 0 Å². The molecule has 1 aliphatic heterocycles. The number of benzene rings is 6. The maximum atomic E-state index is 5.17. The molecule has 6 aliphatic carbocycles. The highest BCUT2D eigenvalue weighted by atomic mass is 15.0. The van der Waals surface area contributed by atoms with Gasteiger partial charge in [0.25, 0.3) is 0 Å². The van der Waals surface area contributed by atoms with Gasteiger partial charge in [-0.25, -0.2) is 4.99 Å². The first-order valence-electron chi connectivity index (χ1n) is 25.1. The summed E-state index contributed by atoms with van der Waals surface area (Å²) in [6.45, 7) is 0.